The Kier molecular flexibility index (Phi) is 4.20. The molecule has 0 aliphatic carbocycles. The zero-order chi connectivity index (χ0) is 17.1. The molecule has 0 saturated carbocycles. The summed E-state index contributed by atoms with van der Waals surface area (Å²) in [5.41, 5.74) is 0.895. The molecule has 0 radical (unpaired) electrons. The molecule has 2 amide bonds. The van der Waals surface area contributed by atoms with E-state index in [2.05, 4.69) is 0 Å². The minimum atomic E-state index is -0.860. The Morgan fingerprint density at radius 3 is 2.04 bits per heavy atom. The van der Waals surface area contributed by atoms with Crippen molar-refractivity contribution in [2.75, 3.05) is 0 Å². The molecular weight excluding hydrogens is 310 g/mol. The van der Waals surface area contributed by atoms with Crippen molar-refractivity contribution in [3.8, 4) is 0 Å². The molecule has 24 heavy (non-hydrogen) atoms. The van der Waals surface area contributed by atoms with Crippen LogP contribution >= 0.6 is 0 Å². The van der Waals surface area contributed by atoms with E-state index >= 15 is 0 Å². The zero-order valence-corrected chi connectivity index (χ0v) is 12.6. The van der Waals surface area contributed by atoms with Crippen LogP contribution in [0.4, 0.5) is 0 Å². The number of hydrogen-bond acceptors (Lipinski definition) is 5. The highest BCUT2D eigenvalue weighted by molar-refractivity contribution is 6.10. The Bertz CT molecular complexity index is 812. The van der Waals surface area contributed by atoms with Crippen molar-refractivity contribution < 1.29 is 24.0 Å². The number of hydroxylamine groups is 2. The molecule has 3 rings (SSSR count). The Morgan fingerprint density at radius 2 is 1.38 bits per heavy atom. The maximum Gasteiger partial charge on any atom is 0.363 e. The summed E-state index contributed by atoms with van der Waals surface area (Å²) in [5.74, 6) is -2.20. The number of amides is 2. The number of benzene rings is 2. The lowest BCUT2D eigenvalue weighted by atomic mass is 10.0. The smallest absolute Gasteiger partial charge is 0.325 e. The van der Waals surface area contributed by atoms with Crippen LogP contribution in [0.5, 0.6) is 0 Å². The van der Waals surface area contributed by atoms with Crippen LogP contribution < -0.4 is 0 Å². The molecule has 1 saturated heterocycles. The lowest BCUT2D eigenvalue weighted by Gasteiger charge is -2.12. The van der Waals surface area contributed by atoms with E-state index in [4.69, 9.17) is 4.84 Å². The third-order valence-corrected chi connectivity index (χ3v) is 3.58. The van der Waals surface area contributed by atoms with E-state index in [9.17, 15) is 19.2 Å². The molecule has 0 spiro atoms. The molecular formula is C18H13NO5. The fraction of sp³-hybridized carbons (Fsp3) is 0.111. The van der Waals surface area contributed by atoms with Crippen LogP contribution in [-0.4, -0.2) is 28.6 Å². The largest absolute Gasteiger partial charge is 0.363 e. The lowest BCUT2D eigenvalue weighted by molar-refractivity contribution is -0.172. The van der Waals surface area contributed by atoms with E-state index in [1.54, 1.807) is 42.5 Å². The molecule has 2 aromatic carbocycles. The van der Waals surface area contributed by atoms with Gasteiger partial charge in [0.15, 0.2) is 5.78 Å². The number of nitrogens with zero attached hydrogens (tertiary/aromatic N) is 1. The van der Waals surface area contributed by atoms with E-state index in [1.807, 2.05) is 0 Å². The first-order valence-corrected chi connectivity index (χ1v) is 7.34. The molecule has 6 heteroatoms. The first-order valence-electron chi connectivity index (χ1n) is 7.34. The van der Waals surface area contributed by atoms with Gasteiger partial charge in [0.1, 0.15) is 0 Å². The predicted octanol–water partition coefficient (Wildman–Crippen LogP) is 2.14. The fourth-order valence-corrected chi connectivity index (χ4v) is 2.34. The van der Waals surface area contributed by atoms with Gasteiger partial charge in [-0.1, -0.05) is 42.5 Å². The highest BCUT2D eigenvalue weighted by atomic mass is 16.7. The summed E-state index contributed by atoms with van der Waals surface area (Å²) >= 11 is 0. The lowest BCUT2D eigenvalue weighted by Crippen LogP contribution is -2.32. The minimum Gasteiger partial charge on any atom is -0.325 e. The molecule has 0 atom stereocenters. The summed E-state index contributed by atoms with van der Waals surface area (Å²) in [7, 11) is 0. The molecule has 0 bridgehead atoms. The first kappa shape index (κ1) is 15.6. The highest BCUT2D eigenvalue weighted by Crippen LogP contribution is 2.16. The standard InChI is InChI=1S/C18H13NO5/c20-15-9-10-16(21)19(15)24-18(23)14-8-4-7-13(11-14)17(22)12-5-2-1-3-6-12/h1-8,11H,9-10H2. The molecule has 6 nitrogen and oxygen atoms in total. The van der Waals surface area contributed by atoms with Crippen molar-refractivity contribution in [2.24, 2.45) is 0 Å². The summed E-state index contributed by atoms with van der Waals surface area (Å²) in [4.78, 5) is 52.3. The maximum absolute atomic E-state index is 12.4. The van der Waals surface area contributed by atoms with Crippen LogP contribution in [-0.2, 0) is 14.4 Å². The third-order valence-electron chi connectivity index (χ3n) is 3.58. The predicted molar refractivity (Wildman–Crippen MR) is 82.8 cm³/mol. The Balaban J connectivity index is 1.80. The molecule has 2 aromatic rings. The molecule has 0 aromatic heterocycles. The summed E-state index contributed by atoms with van der Waals surface area (Å²) in [6, 6.07) is 14.6. The van der Waals surface area contributed by atoms with Crippen LogP contribution in [0.3, 0.4) is 0 Å². The summed E-state index contributed by atoms with van der Waals surface area (Å²) < 4.78 is 0. The fourth-order valence-electron chi connectivity index (χ4n) is 2.34. The second-order valence-electron chi connectivity index (χ2n) is 5.24. The second kappa shape index (κ2) is 6.45. The minimum absolute atomic E-state index is 0.0264. The number of hydrogen-bond donors (Lipinski definition) is 0. The molecule has 1 aliphatic heterocycles. The maximum atomic E-state index is 12.4. The van der Waals surface area contributed by atoms with Gasteiger partial charge < -0.3 is 4.84 Å². The third kappa shape index (κ3) is 3.08. The van der Waals surface area contributed by atoms with Gasteiger partial charge in [0, 0.05) is 24.0 Å². The van der Waals surface area contributed by atoms with Gasteiger partial charge in [0.05, 0.1) is 5.56 Å². The average Bonchev–Trinajstić information content (AvgIpc) is 2.94. The molecule has 1 aliphatic rings. The highest BCUT2D eigenvalue weighted by Gasteiger charge is 2.33. The zero-order valence-electron chi connectivity index (χ0n) is 12.6. The molecule has 1 heterocycles. The Hall–Kier alpha value is -3.28. The van der Waals surface area contributed by atoms with Crippen LogP contribution in [0.1, 0.15) is 39.1 Å². The van der Waals surface area contributed by atoms with Gasteiger partial charge in [-0.3, -0.25) is 14.4 Å². The SMILES string of the molecule is O=C(ON1C(=O)CCC1=O)c1cccc(C(=O)c2ccccc2)c1. The van der Waals surface area contributed by atoms with Crippen LogP contribution in [0.25, 0.3) is 0 Å². The number of rotatable bonds is 4. The van der Waals surface area contributed by atoms with Gasteiger partial charge in [-0.05, 0) is 12.1 Å². The van der Waals surface area contributed by atoms with Gasteiger partial charge >= 0.3 is 5.97 Å². The molecule has 120 valence electrons. The quantitative estimate of drug-likeness (QED) is 0.636. The van der Waals surface area contributed by atoms with Crippen molar-refractivity contribution in [2.45, 2.75) is 12.8 Å². The number of carbonyl (C=O) groups is 4. The van der Waals surface area contributed by atoms with E-state index in [-0.39, 0.29) is 24.2 Å². The Labute approximate surface area is 137 Å². The van der Waals surface area contributed by atoms with Crippen molar-refractivity contribution in [3.63, 3.8) is 0 Å². The summed E-state index contributed by atoms with van der Waals surface area (Å²) in [6.07, 6.45) is 0.0529. The molecule has 1 fully saturated rings. The van der Waals surface area contributed by atoms with Crippen molar-refractivity contribution in [1.82, 2.24) is 5.06 Å². The summed E-state index contributed by atoms with van der Waals surface area (Å²) in [6.45, 7) is 0. The van der Waals surface area contributed by atoms with E-state index in [0.717, 1.165) is 0 Å². The first-order chi connectivity index (χ1) is 11.6. The number of carbonyl (C=O) groups excluding carboxylic acids is 4. The van der Waals surface area contributed by atoms with Crippen LogP contribution in [0.2, 0.25) is 0 Å². The molecule has 0 unspecified atom stereocenters. The van der Waals surface area contributed by atoms with E-state index in [1.165, 1.54) is 12.1 Å². The van der Waals surface area contributed by atoms with Gasteiger partial charge in [-0.15, -0.1) is 5.06 Å². The van der Waals surface area contributed by atoms with Crippen molar-refractivity contribution in [3.05, 3.63) is 71.3 Å². The average molecular weight is 323 g/mol. The van der Waals surface area contributed by atoms with E-state index < -0.39 is 17.8 Å². The van der Waals surface area contributed by atoms with Crippen LogP contribution in [0.15, 0.2) is 54.6 Å². The van der Waals surface area contributed by atoms with Crippen molar-refractivity contribution in [1.29, 1.82) is 0 Å². The van der Waals surface area contributed by atoms with Gasteiger partial charge in [0.2, 0.25) is 0 Å². The number of ketones is 1. The summed E-state index contributed by atoms with van der Waals surface area (Å²) in [5, 5.41) is 0.480. The van der Waals surface area contributed by atoms with Gasteiger partial charge in [-0.2, -0.15) is 0 Å². The monoisotopic (exact) mass is 323 g/mol. The topological polar surface area (TPSA) is 80.8 Å². The van der Waals surface area contributed by atoms with Gasteiger partial charge in [0.25, 0.3) is 11.8 Å². The van der Waals surface area contributed by atoms with Crippen molar-refractivity contribution >= 4 is 23.6 Å². The molecule has 0 N–H and O–H groups in total. The number of imide groups is 1. The van der Waals surface area contributed by atoms with Gasteiger partial charge in [-0.25, -0.2) is 4.79 Å². The van der Waals surface area contributed by atoms with Crippen LogP contribution in [0, 0.1) is 0 Å². The second-order valence-corrected chi connectivity index (χ2v) is 5.24. The van der Waals surface area contributed by atoms with E-state index in [0.29, 0.717) is 16.2 Å². The normalized spacial score (nSPS) is 13.9. The Morgan fingerprint density at radius 1 is 0.792 bits per heavy atom.